The fraction of sp³-hybridized carbons (Fsp3) is 0.500. The molecule has 0 bridgehead atoms. The molecular weight excluding hydrogens is 384 g/mol. The van der Waals surface area contributed by atoms with Crippen LogP contribution in [0.3, 0.4) is 0 Å². The van der Waals surface area contributed by atoms with Gasteiger partial charge in [-0.2, -0.15) is 5.01 Å². The first-order valence-electron chi connectivity index (χ1n) is 9.07. The van der Waals surface area contributed by atoms with Crippen molar-refractivity contribution in [2.24, 2.45) is 5.92 Å². The molecular formula is C18H24N4O5S. The van der Waals surface area contributed by atoms with Crippen molar-refractivity contribution in [1.82, 2.24) is 20.1 Å². The standard InChI is InChI=1S/C18H24N4O5S/c1-12-7-9-18(10-8-12)16(24)22(17(25)19-18)20-15(23)13-5-4-6-14(11-13)28(26,27)21(2)3/h4-6,11-12H,7-10H2,1-3H3,(H,19,25)(H,20,23). The van der Waals surface area contributed by atoms with Gasteiger partial charge in [0.1, 0.15) is 5.54 Å². The third kappa shape index (κ3) is 3.49. The number of carbonyl (C=O) groups excluding carboxylic acids is 3. The molecule has 0 unspecified atom stereocenters. The van der Waals surface area contributed by atoms with Crippen LogP contribution in [0.4, 0.5) is 4.79 Å². The lowest BCUT2D eigenvalue weighted by Gasteiger charge is -2.33. The molecule has 0 radical (unpaired) electrons. The van der Waals surface area contributed by atoms with Gasteiger partial charge >= 0.3 is 6.03 Å². The van der Waals surface area contributed by atoms with Gasteiger partial charge < -0.3 is 5.32 Å². The third-order valence-corrected chi connectivity index (χ3v) is 7.19. The maximum atomic E-state index is 12.8. The molecule has 1 saturated heterocycles. The third-order valence-electron chi connectivity index (χ3n) is 5.38. The van der Waals surface area contributed by atoms with Crippen LogP contribution >= 0.6 is 0 Å². The van der Waals surface area contributed by atoms with Crippen LogP contribution in [0.2, 0.25) is 0 Å². The lowest BCUT2D eigenvalue weighted by Crippen LogP contribution is -2.51. The van der Waals surface area contributed by atoms with Crippen LogP contribution in [-0.4, -0.2) is 55.2 Å². The Balaban J connectivity index is 1.78. The molecule has 2 aliphatic rings. The minimum atomic E-state index is -3.72. The smallest absolute Gasteiger partial charge is 0.322 e. The predicted octanol–water partition coefficient (Wildman–Crippen LogP) is 1.08. The molecule has 0 aromatic heterocycles. The molecule has 2 N–H and O–H groups in total. The molecule has 4 amide bonds. The van der Waals surface area contributed by atoms with E-state index < -0.39 is 33.4 Å². The van der Waals surface area contributed by atoms with Crippen molar-refractivity contribution in [1.29, 1.82) is 0 Å². The fourth-order valence-corrected chi connectivity index (χ4v) is 4.44. The van der Waals surface area contributed by atoms with E-state index in [1.54, 1.807) is 0 Å². The summed E-state index contributed by atoms with van der Waals surface area (Å²) >= 11 is 0. The van der Waals surface area contributed by atoms with E-state index in [1.165, 1.54) is 38.4 Å². The Morgan fingerprint density at radius 2 is 1.89 bits per heavy atom. The summed E-state index contributed by atoms with van der Waals surface area (Å²) in [6, 6.07) is 4.76. The number of carbonyl (C=O) groups is 3. The van der Waals surface area contributed by atoms with Crippen molar-refractivity contribution in [3.8, 4) is 0 Å². The number of nitrogens with one attached hydrogen (secondary N) is 2. The van der Waals surface area contributed by atoms with Gasteiger partial charge in [-0.1, -0.05) is 13.0 Å². The molecule has 1 aliphatic heterocycles. The molecule has 1 aromatic rings. The molecule has 0 atom stereocenters. The van der Waals surface area contributed by atoms with Gasteiger partial charge in [0.05, 0.1) is 4.90 Å². The fourth-order valence-electron chi connectivity index (χ4n) is 3.49. The number of hydrazine groups is 1. The highest BCUT2D eigenvalue weighted by atomic mass is 32.2. The van der Waals surface area contributed by atoms with Crippen LogP contribution in [0, 0.1) is 5.92 Å². The highest BCUT2D eigenvalue weighted by Gasteiger charge is 2.52. The Labute approximate surface area is 164 Å². The first-order valence-corrected chi connectivity index (χ1v) is 10.5. The van der Waals surface area contributed by atoms with Gasteiger partial charge in [0.2, 0.25) is 10.0 Å². The van der Waals surface area contributed by atoms with E-state index in [9.17, 15) is 22.8 Å². The van der Waals surface area contributed by atoms with Crippen molar-refractivity contribution < 1.29 is 22.8 Å². The molecule has 2 fully saturated rings. The Kier molecular flexibility index (Phi) is 5.20. The number of urea groups is 1. The Morgan fingerprint density at radius 3 is 2.50 bits per heavy atom. The maximum Gasteiger partial charge on any atom is 0.344 e. The molecule has 3 rings (SSSR count). The number of rotatable bonds is 4. The highest BCUT2D eigenvalue weighted by Crippen LogP contribution is 2.35. The largest absolute Gasteiger partial charge is 0.344 e. The topological polar surface area (TPSA) is 116 Å². The summed E-state index contributed by atoms with van der Waals surface area (Å²) in [7, 11) is -0.938. The first-order chi connectivity index (χ1) is 13.1. The van der Waals surface area contributed by atoms with Crippen molar-refractivity contribution in [3.63, 3.8) is 0 Å². The van der Waals surface area contributed by atoms with Gasteiger partial charge in [-0.3, -0.25) is 15.0 Å². The molecule has 1 spiro atoms. The first kappa shape index (κ1) is 20.3. The number of nitrogens with zero attached hydrogens (tertiary/aromatic N) is 2. The SMILES string of the molecule is CC1CCC2(CC1)NC(=O)N(NC(=O)c1cccc(S(=O)(=O)N(C)C)c1)C2=O. The minimum Gasteiger partial charge on any atom is -0.322 e. The predicted molar refractivity (Wildman–Crippen MR) is 101 cm³/mol. The van der Waals surface area contributed by atoms with E-state index in [1.807, 2.05) is 0 Å². The molecule has 1 heterocycles. The zero-order chi connectivity index (χ0) is 20.7. The van der Waals surface area contributed by atoms with Crippen LogP contribution in [0.25, 0.3) is 0 Å². The molecule has 152 valence electrons. The monoisotopic (exact) mass is 408 g/mol. The lowest BCUT2D eigenvalue weighted by molar-refractivity contribution is -0.134. The summed E-state index contributed by atoms with van der Waals surface area (Å²) in [5.41, 5.74) is 1.37. The number of sulfonamides is 1. The van der Waals surface area contributed by atoms with E-state index in [0.29, 0.717) is 23.8 Å². The zero-order valence-corrected chi connectivity index (χ0v) is 16.9. The Hall–Kier alpha value is -2.46. The summed E-state index contributed by atoms with van der Waals surface area (Å²) < 4.78 is 25.5. The number of benzene rings is 1. The molecule has 1 aromatic carbocycles. The van der Waals surface area contributed by atoms with E-state index in [-0.39, 0.29) is 10.5 Å². The second-order valence-electron chi connectivity index (χ2n) is 7.59. The van der Waals surface area contributed by atoms with Crippen molar-refractivity contribution in [3.05, 3.63) is 29.8 Å². The average Bonchev–Trinajstić information content (AvgIpc) is 2.88. The van der Waals surface area contributed by atoms with Gasteiger partial charge in [0, 0.05) is 19.7 Å². The van der Waals surface area contributed by atoms with Crippen molar-refractivity contribution in [2.75, 3.05) is 14.1 Å². The lowest BCUT2D eigenvalue weighted by atomic mass is 9.77. The molecule has 10 heteroatoms. The second kappa shape index (κ2) is 7.17. The van der Waals surface area contributed by atoms with Gasteiger partial charge in [0.15, 0.2) is 0 Å². The van der Waals surface area contributed by atoms with E-state index in [4.69, 9.17) is 0 Å². The average molecular weight is 408 g/mol. The number of imide groups is 1. The van der Waals surface area contributed by atoms with E-state index >= 15 is 0 Å². The van der Waals surface area contributed by atoms with Crippen molar-refractivity contribution >= 4 is 27.9 Å². The van der Waals surface area contributed by atoms with E-state index in [2.05, 4.69) is 17.7 Å². The molecule has 28 heavy (non-hydrogen) atoms. The molecule has 9 nitrogen and oxygen atoms in total. The summed E-state index contributed by atoms with van der Waals surface area (Å²) in [6.07, 6.45) is 2.69. The van der Waals surface area contributed by atoms with Gasteiger partial charge in [0.25, 0.3) is 11.8 Å². The maximum absolute atomic E-state index is 12.8. The van der Waals surface area contributed by atoms with E-state index in [0.717, 1.165) is 17.1 Å². The summed E-state index contributed by atoms with van der Waals surface area (Å²) in [5.74, 6) is -0.726. The van der Waals surface area contributed by atoms with Crippen LogP contribution in [-0.2, 0) is 14.8 Å². The number of amides is 4. The normalized spacial score (nSPS) is 25.3. The summed E-state index contributed by atoms with van der Waals surface area (Å²) in [5, 5.41) is 3.42. The molecule has 1 saturated carbocycles. The number of hydrogen-bond donors (Lipinski definition) is 2. The summed E-state index contributed by atoms with van der Waals surface area (Å²) in [6.45, 7) is 2.10. The van der Waals surface area contributed by atoms with Gasteiger partial charge in [-0.25, -0.2) is 17.5 Å². The summed E-state index contributed by atoms with van der Waals surface area (Å²) in [4.78, 5) is 37.6. The quantitative estimate of drug-likeness (QED) is 0.724. The van der Waals surface area contributed by atoms with Crippen LogP contribution < -0.4 is 10.7 Å². The van der Waals surface area contributed by atoms with Crippen molar-refractivity contribution in [2.45, 2.75) is 43.0 Å². The minimum absolute atomic E-state index is 0.0294. The van der Waals surface area contributed by atoms with Crippen LogP contribution in [0.5, 0.6) is 0 Å². The van der Waals surface area contributed by atoms with Gasteiger partial charge in [-0.15, -0.1) is 0 Å². The highest BCUT2D eigenvalue weighted by molar-refractivity contribution is 7.89. The Bertz CT molecular complexity index is 920. The zero-order valence-electron chi connectivity index (χ0n) is 16.1. The van der Waals surface area contributed by atoms with Gasteiger partial charge in [-0.05, 0) is 49.8 Å². The van der Waals surface area contributed by atoms with Crippen LogP contribution in [0.1, 0.15) is 43.0 Å². The Morgan fingerprint density at radius 1 is 1.25 bits per heavy atom. The van der Waals surface area contributed by atoms with Crippen LogP contribution in [0.15, 0.2) is 29.2 Å². The molecule has 1 aliphatic carbocycles. The second-order valence-corrected chi connectivity index (χ2v) is 9.74. The number of hydrogen-bond acceptors (Lipinski definition) is 5.